The normalized spacial score (nSPS) is 32.2. The molecule has 2 fully saturated rings. The smallest absolute Gasteiger partial charge is 0.320 e. The van der Waals surface area contributed by atoms with E-state index in [2.05, 4.69) is 0 Å². The van der Waals surface area contributed by atoms with Crippen molar-refractivity contribution in [1.29, 1.82) is 0 Å². The van der Waals surface area contributed by atoms with Crippen LogP contribution >= 0.6 is 0 Å². The fourth-order valence-corrected chi connectivity index (χ4v) is 2.49. The summed E-state index contributed by atoms with van der Waals surface area (Å²) in [6, 6.07) is -0.712. The number of carboxylic acid groups (broad SMARTS) is 1. The monoisotopic (exact) mass is 199 g/mol. The summed E-state index contributed by atoms with van der Waals surface area (Å²) in [5, 5.41) is 8.83. The predicted molar refractivity (Wildman–Crippen MR) is 50.9 cm³/mol. The molecule has 0 amide bonds. The molecule has 1 aliphatic heterocycles. The highest BCUT2D eigenvalue weighted by atomic mass is 16.5. The molecule has 0 radical (unpaired) electrons. The van der Waals surface area contributed by atoms with Crippen LogP contribution in [0.4, 0.5) is 0 Å². The molecule has 2 rings (SSSR count). The lowest BCUT2D eigenvalue weighted by molar-refractivity contribution is -0.156. The fraction of sp³-hybridized carbons (Fsp3) is 0.900. The van der Waals surface area contributed by atoms with Gasteiger partial charge < -0.3 is 15.6 Å². The van der Waals surface area contributed by atoms with Crippen molar-refractivity contribution in [2.24, 2.45) is 11.7 Å². The van der Waals surface area contributed by atoms with Gasteiger partial charge in [-0.1, -0.05) is 0 Å². The minimum Gasteiger partial charge on any atom is -0.480 e. The number of hydrogen-bond donors (Lipinski definition) is 2. The van der Waals surface area contributed by atoms with E-state index in [0.717, 1.165) is 25.7 Å². The maximum atomic E-state index is 10.8. The molecule has 1 saturated carbocycles. The van der Waals surface area contributed by atoms with Gasteiger partial charge in [-0.05, 0) is 38.0 Å². The molecule has 4 nitrogen and oxygen atoms in total. The second-order valence-corrected chi connectivity index (χ2v) is 4.50. The second-order valence-electron chi connectivity index (χ2n) is 4.50. The average molecular weight is 199 g/mol. The van der Waals surface area contributed by atoms with Crippen molar-refractivity contribution in [3.63, 3.8) is 0 Å². The summed E-state index contributed by atoms with van der Waals surface area (Å²) in [6.07, 6.45) is 4.98. The molecule has 0 aromatic rings. The Morgan fingerprint density at radius 2 is 2.29 bits per heavy atom. The molecular weight excluding hydrogens is 182 g/mol. The first kappa shape index (κ1) is 9.93. The van der Waals surface area contributed by atoms with Crippen LogP contribution in [-0.4, -0.2) is 29.3 Å². The standard InChI is InChI=1S/C10H17NO3/c11-8(9(12)13)7-2-5-14-10(6-7)3-1-4-10/h7-8H,1-6,11H2,(H,12,13)/t7?,8-/m1/s1. The molecule has 1 saturated heterocycles. The van der Waals surface area contributed by atoms with Crippen LogP contribution in [-0.2, 0) is 9.53 Å². The maximum Gasteiger partial charge on any atom is 0.320 e. The lowest BCUT2D eigenvalue weighted by atomic mass is 9.70. The van der Waals surface area contributed by atoms with E-state index >= 15 is 0 Å². The van der Waals surface area contributed by atoms with Gasteiger partial charge in [0.05, 0.1) is 5.60 Å². The van der Waals surface area contributed by atoms with Crippen LogP contribution in [0.15, 0.2) is 0 Å². The van der Waals surface area contributed by atoms with Gasteiger partial charge in [0.1, 0.15) is 6.04 Å². The molecule has 80 valence electrons. The molecule has 1 unspecified atom stereocenters. The molecule has 0 bridgehead atoms. The van der Waals surface area contributed by atoms with Gasteiger partial charge >= 0.3 is 5.97 Å². The largest absolute Gasteiger partial charge is 0.480 e. The molecule has 1 heterocycles. The summed E-state index contributed by atoms with van der Waals surface area (Å²) in [5.74, 6) is -0.784. The fourth-order valence-electron chi connectivity index (χ4n) is 2.49. The van der Waals surface area contributed by atoms with Crippen molar-refractivity contribution in [2.45, 2.75) is 43.7 Å². The SMILES string of the molecule is N[C@@H](C(=O)O)C1CCOC2(CCC2)C1. The summed E-state index contributed by atoms with van der Waals surface area (Å²) in [6.45, 7) is 0.672. The van der Waals surface area contributed by atoms with E-state index in [1.165, 1.54) is 6.42 Å². The Kier molecular flexibility index (Phi) is 2.49. The summed E-state index contributed by atoms with van der Waals surface area (Å²) in [7, 11) is 0. The van der Waals surface area contributed by atoms with Crippen molar-refractivity contribution < 1.29 is 14.6 Å². The summed E-state index contributed by atoms with van der Waals surface area (Å²) < 4.78 is 5.71. The third kappa shape index (κ3) is 1.64. The molecule has 1 spiro atoms. The quantitative estimate of drug-likeness (QED) is 0.688. The number of carbonyl (C=O) groups is 1. The summed E-state index contributed by atoms with van der Waals surface area (Å²) in [5.41, 5.74) is 5.63. The van der Waals surface area contributed by atoms with Gasteiger partial charge in [0.25, 0.3) is 0 Å². The Bertz CT molecular complexity index is 238. The molecule has 3 N–H and O–H groups in total. The van der Waals surface area contributed by atoms with Crippen LogP contribution in [0.5, 0.6) is 0 Å². The van der Waals surface area contributed by atoms with Crippen molar-refractivity contribution >= 4 is 5.97 Å². The molecule has 2 aliphatic rings. The van der Waals surface area contributed by atoms with Crippen LogP contribution in [0.2, 0.25) is 0 Å². The lowest BCUT2D eigenvalue weighted by Gasteiger charge is -2.47. The zero-order valence-corrected chi connectivity index (χ0v) is 8.24. The molecule has 1 aliphatic carbocycles. The summed E-state index contributed by atoms with van der Waals surface area (Å²) in [4.78, 5) is 10.8. The van der Waals surface area contributed by atoms with Crippen molar-refractivity contribution in [1.82, 2.24) is 0 Å². The Morgan fingerprint density at radius 3 is 2.79 bits per heavy atom. The van der Waals surface area contributed by atoms with E-state index in [1.807, 2.05) is 0 Å². The zero-order valence-electron chi connectivity index (χ0n) is 8.24. The topological polar surface area (TPSA) is 72.6 Å². The Labute approximate surface area is 83.4 Å². The predicted octanol–water partition coefficient (Wildman–Crippen LogP) is 0.748. The summed E-state index contributed by atoms with van der Waals surface area (Å²) >= 11 is 0. The van der Waals surface area contributed by atoms with Crippen LogP contribution in [0.3, 0.4) is 0 Å². The first-order chi connectivity index (χ1) is 6.63. The number of rotatable bonds is 2. The second kappa shape index (κ2) is 3.51. The number of nitrogens with two attached hydrogens (primary N) is 1. The van der Waals surface area contributed by atoms with E-state index in [4.69, 9.17) is 15.6 Å². The van der Waals surface area contributed by atoms with Gasteiger partial charge in [0, 0.05) is 6.61 Å². The van der Waals surface area contributed by atoms with E-state index in [9.17, 15) is 4.79 Å². The van der Waals surface area contributed by atoms with E-state index in [1.54, 1.807) is 0 Å². The van der Waals surface area contributed by atoms with Crippen LogP contribution in [0.25, 0.3) is 0 Å². The van der Waals surface area contributed by atoms with Crippen molar-refractivity contribution in [2.75, 3.05) is 6.61 Å². The van der Waals surface area contributed by atoms with Gasteiger partial charge in [-0.2, -0.15) is 0 Å². The van der Waals surface area contributed by atoms with E-state index in [0.29, 0.717) is 6.61 Å². The first-order valence-corrected chi connectivity index (χ1v) is 5.25. The minimum absolute atomic E-state index is 0.00398. The Morgan fingerprint density at radius 1 is 1.57 bits per heavy atom. The van der Waals surface area contributed by atoms with Gasteiger partial charge in [-0.15, -0.1) is 0 Å². The number of aliphatic carboxylic acids is 1. The van der Waals surface area contributed by atoms with Crippen LogP contribution in [0.1, 0.15) is 32.1 Å². The van der Waals surface area contributed by atoms with Crippen molar-refractivity contribution in [3.8, 4) is 0 Å². The van der Waals surface area contributed by atoms with E-state index < -0.39 is 12.0 Å². The Hall–Kier alpha value is -0.610. The molecule has 0 aromatic heterocycles. The molecule has 0 aromatic carbocycles. The first-order valence-electron chi connectivity index (χ1n) is 5.25. The third-order valence-electron chi connectivity index (χ3n) is 3.59. The lowest BCUT2D eigenvalue weighted by Crippen LogP contribution is -2.51. The Balaban J connectivity index is 1.96. The van der Waals surface area contributed by atoms with Gasteiger partial charge in [-0.3, -0.25) is 4.79 Å². The zero-order chi connectivity index (χ0) is 10.2. The third-order valence-corrected chi connectivity index (χ3v) is 3.59. The minimum atomic E-state index is -0.883. The number of hydrogen-bond acceptors (Lipinski definition) is 3. The highest BCUT2D eigenvalue weighted by Gasteiger charge is 2.44. The van der Waals surface area contributed by atoms with Crippen LogP contribution < -0.4 is 5.73 Å². The van der Waals surface area contributed by atoms with E-state index in [-0.39, 0.29) is 11.5 Å². The molecule has 14 heavy (non-hydrogen) atoms. The maximum absolute atomic E-state index is 10.8. The van der Waals surface area contributed by atoms with Crippen molar-refractivity contribution in [3.05, 3.63) is 0 Å². The molecular formula is C10H17NO3. The number of ether oxygens (including phenoxy) is 1. The van der Waals surface area contributed by atoms with Gasteiger partial charge in [-0.25, -0.2) is 0 Å². The molecule has 2 atom stereocenters. The van der Waals surface area contributed by atoms with Gasteiger partial charge in [0.2, 0.25) is 0 Å². The van der Waals surface area contributed by atoms with Crippen LogP contribution in [0, 0.1) is 5.92 Å². The molecule has 4 heteroatoms. The average Bonchev–Trinajstić information content (AvgIpc) is 2.14. The highest BCUT2D eigenvalue weighted by Crippen LogP contribution is 2.44. The highest BCUT2D eigenvalue weighted by molar-refractivity contribution is 5.73. The van der Waals surface area contributed by atoms with Gasteiger partial charge in [0.15, 0.2) is 0 Å². The number of carboxylic acids is 1.